The van der Waals surface area contributed by atoms with Gasteiger partial charge in [-0.1, -0.05) is 26.8 Å². The molecule has 0 saturated carbocycles. The van der Waals surface area contributed by atoms with Crippen LogP contribution in [0.15, 0.2) is 33.3 Å². The molecule has 0 radical (unpaired) electrons. The highest BCUT2D eigenvalue weighted by molar-refractivity contribution is 8.02. The Morgan fingerprint density at radius 3 is 2.64 bits per heavy atom. The first-order valence-electron chi connectivity index (χ1n) is 7.39. The average molecular weight is 341 g/mol. The van der Waals surface area contributed by atoms with Gasteiger partial charge in [0.05, 0.1) is 12.1 Å². The van der Waals surface area contributed by atoms with E-state index in [1.54, 1.807) is 22.5 Å². The Morgan fingerprint density at radius 1 is 1.36 bits per heavy atom. The van der Waals surface area contributed by atoms with Gasteiger partial charge < -0.3 is 4.43 Å². The average Bonchev–Trinajstić information content (AvgIpc) is 2.38. The van der Waals surface area contributed by atoms with Crippen molar-refractivity contribution < 1.29 is 4.43 Å². The van der Waals surface area contributed by atoms with E-state index >= 15 is 0 Å². The van der Waals surface area contributed by atoms with Crippen LogP contribution in [0.3, 0.4) is 0 Å². The smallest absolute Gasteiger partial charge is 0.328 e. The first kappa shape index (κ1) is 17.3. The number of hydrogen-bond acceptors (Lipinski definition) is 4. The summed E-state index contributed by atoms with van der Waals surface area (Å²) in [5.74, 6) is 0.805. The highest BCUT2D eigenvalue weighted by atomic mass is 32.2. The lowest BCUT2D eigenvalue weighted by Crippen LogP contribution is -2.48. The third kappa shape index (κ3) is 3.64. The van der Waals surface area contributed by atoms with E-state index < -0.39 is 14.0 Å². The Hall–Kier alpha value is -1.05. The van der Waals surface area contributed by atoms with E-state index in [4.69, 9.17) is 4.43 Å². The molecule has 2 heterocycles. The van der Waals surface area contributed by atoms with E-state index in [1.165, 1.54) is 6.07 Å². The first-order chi connectivity index (χ1) is 10.1. The van der Waals surface area contributed by atoms with E-state index in [9.17, 15) is 9.59 Å². The van der Waals surface area contributed by atoms with Crippen LogP contribution in [0.5, 0.6) is 0 Å². The lowest BCUT2D eigenvalue weighted by atomic mass is 10.2. The Bertz CT molecular complexity index is 672. The highest BCUT2D eigenvalue weighted by Crippen LogP contribution is 2.39. The lowest BCUT2D eigenvalue weighted by molar-refractivity contribution is 0.159. The summed E-state index contributed by atoms with van der Waals surface area (Å²) in [6, 6.07) is 1.19. The molecule has 2 atom stereocenters. The number of nitrogens with one attached hydrogen (secondary N) is 1. The molecule has 7 heteroatoms. The zero-order valence-electron chi connectivity index (χ0n) is 13.8. The Morgan fingerprint density at radius 2 is 2.05 bits per heavy atom. The van der Waals surface area contributed by atoms with Gasteiger partial charge in [-0.15, -0.1) is 11.8 Å². The molecule has 122 valence electrons. The predicted molar refractivity (Wildman–Crippen MR) is 94.0 cm³/mol. The Balaban J connectivity index is 2.33. The molecule has 5 nitrogen and oxygen atoms in total. The van der Waals surface area contributed by atoms with Crippen molar-refractivity contribution in [3.63, 3.8) is 0 Å². The Kier molecular flexibility index (Phi) is 4.89. The maximum Gasteiger partial charge on any atom is 0.328 e. The van der Waals surface area contributed by atoms with Crippen LogP contribution in [-0.2, 0) is 4.43 Å². The van der Waals surface area contributed by atoms with Crippen LogP contribution in [0.4, 0.5) is 0 Å². The molecular formula is C15H24N2O3SSi. The Labute approximate surface area is 135 Å². The van der Waals surface area contributed by atoms with Crippen LogP contribution in [0.2, 0.25) is 18.1 Å². The van der Waals surface area contributed by atoms with E-state index in [0.717, 1.165) is 5.75 Å². The van der Waals surface area contributed by atoms with Gasteiger partial charge in [-0.05, 0) is 23.5 Å². The topological polar surface area (TPSA) is 64.1 Å². The number of aromatic amines is 1. The van der Waals surface area contributed by atoms with Crippen molar-refractivity contribution in [2.75, 3.05) is 5.75 Å². The fraction of sp³-hybridized carbons (Fsp3) is 0.600. The SMILES string of the molecule is CC(C)(C)[Si](C)(C)O[C@H]1CSC=C[C@H]1n1ccc(=O)[nH]c1=O. The van der Waals surface area contributed by atoms with E-state index in [-0.39, 0.29) is 22.7 Å². The molecular weight excluding hydrogens is 316 g/mol. The summed E-state index contributed by atoms with van der Waals surface area (Å²) in [6.45, 7) is 11.0. The summed E-state index contributed by atoms with van der Waals surface area (Å²) < 4.78 is 8.06. The van der Waals surface area contributed by atoms with Gasteiger partial charge in [-0.25, -0.2) is 4.79 Å². The molecule has 0 aromatic carbocycles. The summed E-state index contributed by atoms with van der Waals surface area (Å²) in [6.07, 6.45) is 3.46. The second kappa shape index (κ2) is 6.21. The minimum atomic E-state index is -1.93. The minimum absolute atomic E-state index is 0.0699. The molecule has 0 fully saturated rings. The van der Waals surface area contributed by atoms with Gasteiger partial charge in [0.1, 0.15) is 0 Å². The van der Waals surface area contributed by atoms with Gasteiger partial charge in [-0.3, -0.25) is 14.3 Å². The van der Waals surface area contributed by atoms with Crippen LogP contribution in [0.25, 0.3) is 0 Å². The van der Waals surface area contributed by atoms with Crippen molar-refractivity contribution in [3.8, 4) is 0 Å². The molecule has 2 rings (SSSR count). The van der Waals surface area contributed by atoms with Crippen molar-refractivity contribution in [3.05, 3.63) is 44.6 Å². The molecule has 0 saturated heterocycles. The summed E-state index contributed by atoms with van der Waals surface area (Å²) in [7, 11) is -1.93. The molecule has 0 unspecified atom stereocenters. The number of rotatable bonds is 3. The fourth-order valence-electron chi connectivity index (χ4n) is 2.10. The number of thioether (sulfide) groups is 1. The summed E-state index contributed by atoms with van der Waals surface area (Å²) in [5, 5.41) is 2.10. The fourth-order valence-corrected chi connectivity index (χ4v) is 4.39. The molecule has 22 heavy (non-hydrogen) atoms. The van der Waals surface area contributed by atoms with Crippen molar-refractivity contribution in [1.82, 2.24) is 9.55 Å². The molecule has 0 aliphatic carbocycles. The summed E-state index contributed by atoms with van der Waals surface area (Å²) in [4.78, 5) is 25.6. The van der Waals surface area contributed by atoms with Gasteiger partial charge in [-0.2, -0.15) is 0 Å². The summed E-state index contributed by atoms with van der Waals surface area (Å²) in [5.41, 5.74) is -0.768. The third-order valence-electron chi connectivity index (χ3n) is 4.44. The lowest BCUT2D eigenvalue weighted by Gasteiger charge is -2.41. The molecule has 1 aromatic heterocycles. The quantitative estimate of drug-likeness (QED) is 0.859. The van der Waals surface area contributed by atoms with Crippen LogP contribution in [-0.4, -0.2) is 29.7 Å². The second-order valence-corrected chi connectivity index (χ2v) is 12.8. The van der Waals surface area contributed by atoms with Crippen LogP contribution in [0, 0.1) is 0 Å². The van der Waals surface area contributed by atoms with E-state index in [0.29, 0.717) is 0 Å². The van der Waals surface area contributed by atoms with Gasteiger partial charge in [0.25, 0.3) is 5.56 Å². The normalized spacial score (nSPS) is 22.8. The largest absolute Gasteiger partial charge is 0.411 e. The highest BCUT2D eigenvalue weighted by Gasteiger charge is 2.41. The first-order valence-corrected chi connectivity index (χ1v) is 11.3. The van der Waals surface area contributed by atoms with Crippen molar-refractivity contribution >= 4 is 20.1 Å². The molecule has 0 spiro atoms. The summed E-state index contributed by atoms with van der Waals surface area (Å²) >= 11 is 1.69. The number of nitrogens with zero attached hydrogens (tertiary/aromatic N) is 1. The molecule has 0 bridgehead atoms. The monoisotopic (exact) mass is 340 g/mol. The number of hydrogen-bond donors (Lipinski definition) is 1. The van der Waals surface area contributed by atoms with E-state index in [1.807, 2.05) is 11.5 Å². The zero-order chi connectivity index (χ0) is 16.5. The van der Waals surface area contributed by atoms with Crippen LogP contribution >= 0.6 is 11.8 Å². The van der Waals surface area contributed by atoms with Crippen LogP contribution < -0.4 is 11.2 Å². The zero-order valence-corrected chi connectivity index (χ0v) is 15.6. The minimum Gasteiger partial charge on any atom is -0.411 e. The second-order valence-electron chi connectivity index (χ2n) is 7.09. The number of aromatic nitrogens is 2. The standard InChI is InChI=1S/C15H24N2O3SSi/c1-15(2,3)22(4,5)20-12-10-21-9-7-11(12)17-8-6-13(18)16-14(17)19/h6-9,11-12H,10H2,1-5H3,(H,16,18,19)/t11-,12+/m1/s1. The van der Waals surface area contributed by atoms with E-state index in [2.05, 4.69) is 38.8 Å². The van der Waals surface area contributed by atoms with Crippen molar-refractivity contribution in [1.29, 1.82) is 0 Å². The molecule has 0 amide bonds. The van der Waals surface area contributed by atoms with Gasteiger partial charge in [0.2, 0.25) is 0 Å². The van der Waals surface area contributed by atoms with Gasteiger partial charge >= 0.3 is 5.69 Å². The third-order valence-corrected chi connectivity index (χ3v) is 9.81. The van der Waals surface area contributed by atoms with Crippen molar-refractivity contribution in [2.24, 2.45) is 0 Å². The maximum atomic E-state index is 12.1. The van der Waals surface area contributed by atoms with Crippen LogP contribution in [0.1, 0.15) is 26.8 Å². The predicted octanol–water partition coefficient (Wildman–Crippen LogP) is 2.73. The number of H-pyrrole nitrogens is 1. The maximum absolute atomic E-state index is 12.1. The van der Waals surface area contributed by atoms with Gasteiger partial charge in [0.15, 0.2) is 8.32 Å². The van der Waals surface area contributed by atoms with Gasteiger partial charge in [0, 0.05) is 18.0 Å². The van der Waals surface area contributed by atoms with Crippen molar-refractivity contribution in [2.45, 2.75) is 51.0 Å². The molecule has 1 aliphatic heterocycles. The molecule has 1 aromatic rings. The molecule has 1 N–H and O–H groups in total. The molecule has 1 aliphatic rings.